The lowest BCUT2D eigenvalue weighted by molar-refractivity contribution is 0.201. The van der Waals surface area contributed by atoms with Crippen LogP contribution in [0, 0.1) is 19.8 Å². The minimum absolute atomic E-state index is 0.306. The zero-order chi connectivity index (χ0) is 19.1. The Kier molecular flexibility index (Phi) is 7.94. The first-order valence-electron chi connectivity index (χ1n) is 10.1. The van der Waals surface area contributed by atoms with Crippen molar-refractivity contribution in [3.05, 3.63) is 17.0 Å². The van der Waals surface area contributed by atoms with Gasteiger partial charge in [0.1, 0.15) is 0 Å². The SMILES string of the molecule is CN=C(NCC(C)CN1CCCCC1)NC(C)Cc1c(C)nn(C)c1C. The van der Waals surface area contributed by atoms with Crippen LogP contribution < -0.4 is 10.6 Å². The minimum Gasteiger partial charge on any atom is -0.356 e. The summed E-state index contributed by atoms with van der Waals surface area (Å²) in [5.41, 5.74) is 3.70. The fourth-order valence-corrected chi connectivity index (χ4v) is 3.82. The molecule has 0 amide bonds. The van der Waals surface area contributed by atoms with Crippen molar-refractivity contribution in [1.82, 2.24) is 25.3 Å². The number of nitrogens with one attached hydrogen (secondary N) is 2. The van der Waals surface area contributed by atoms with Gasteiger partial charge in [-0.15, -0.1) is 0 Å². The van der Waals surface area contributed by atoms with Gasteiger partial charge in [0.2, 0.25) is 0 Å². The van der Waals surface area contributed by atoms with E-state index in [4.69, 9.17) is 0 Å². The largest absolute Gasteiger partial charge is 0.356 e. The number of aromatic nitrogens is 2. The van der Waals surface area contributed by atoms with Gasteiger partial charge in [0.25, 0.3) is 0 Å². The van der Waals surface area contributed by atoms with Gasteiger partial charge in [-0.3, -0.25) is 9.67 Å². The summed E-state index contributed by atoms with van der Waals surface area (Å²) >= 11 is 0. The van der Waals surface area contributed by atoms with Gasteiger partial charge in [-0.25, -0.2) is 0 Å². The highest BCUT2D eigenvalue weighted by molar-refractivity contribution is 5.79. The molecule has 0 spiro atoms. The molecule has 0 aliphatic carbocycles. The van der Waals surface area contributed by atoms with E-state index in [1.165, 1.54) is 50.2 Å². The average Bonchev–Trinajstić information content (AvgIpc) is 2.85. The molecule has 0 aromatic carbocycles. The maximum Gasteiger partial charge on any atom is 0.191 e. The number of nitrogens with zero attached hydrogens (tertiary/aromatic N) is 4. The van der Waals surface area contributed by atoms with Crippen LogP contribution in [0.2, 0.25) is 0 Å². The number of rotatable bonds is 7. The van der Waals surface area contributed by atoms with E-state index in [9.17, 15) is 0 Å². The third-order valence-electron chi connectivity index (χ3n) is 5.41. The summed E-state index contributed by atoms with van der Waals surface area (Å²) in [4.78, 5) is 7.00. The van der Waals surface area contributed by atoms with Gasteiger partial charge in [0.05, 0.1) is 5.69 Å². The van der Waals surface area contributed by atoms with Crippen LogP contribution in [0.1, 0.15) is 50.1 Å². The molecule has 26 heavy (non-hydrogen) atoms. The molecular formula is C20H38N6. The van der Waals surface area contributed by atoms with E-state index in [1.807, 2.05) is 18.8 Å². The molecular weight excluding hydrogens is 324 g/mol. The van der Waals surface area contributed by atoms with Crippen molar-refractivity contribution in [2.45, 2.75) is 59.4 Å². The van der Waals surface area contributed by atoms with E-state index < -0.39 is 0 Å². The monoisotopic (exact) mass is 362 g/mol. The molecule has 0 radical (unpaired) electrons. The minimum atomic E-state index is 0.306. The molecule has 1 aliphatic heterocycles. The summed E-state index contributed by atoms with van der Waals surface area (Å²) in [6.45, 7) is 13.4. The molecule has 2 atom stereocenters. The number of aliphatic imine (C=N–C) groups is 1. The molecule has 1 fully saturated rings. The second-order valence-electron chi connectivity index (χ2n) is 7.94. The molecule has 1 saturated heterocycles. The summed E-state index contributed by atoms with van der Waals surface area (Å²) < 4.78 is 1.97. The third kappa shape index (κ3) is 6.01. The molecule has 6 nitrogen and oxygen atoms in total. The summed E-state index contributed by atoms with van der Waals surface area (Å²) in [7, 11) is 3.85. The first kappa shape index (κ1) is 20.7. The summed E-state index contributed by atoms with van der Waals surface area (Å²) in [6, 6.07) is 0.306. The van der Waals surface area contributed by atoms with Crippen LogP contribution in [-0.4, -0.2) is 59.9 Å². The standard InChI is InChI=1S/C20H38N6/c1-15(14-26-10-8-7-9-11-26)13-22-20(21-5)23-16(2)12-19-17(3)24-25(6)18(19)4/h15-16H,7-14H2,1-6H3,(H2,21,22,23). The third-order valence-corrected chi connectivity index (χ3v) is 5.41. The summed E-state index contributed by atoms with van der Waals surface area (Å²) in [5, 5.41) is 11.5. The summed E-state index contributed by atoms with van der Waals surface area (Å²) in [5.74, 6) is 1.51. The molecule has 2 rings (SSSR count). The number of hydrogen-bond donors (Lipinski definition) is 2. The Morgan fingerprint density at radius 2 is 1.88 bits per heavy atom. The molecule has 1 aliphatic rings. The normalized spacial score (nSPS) is 18.6. The van der Waals surface area contributed by atoms with E-state index in [2.05, 4.69) is 53.3 Å². The predicted octanol–water partition coefficient (Wildman–Crippen LogP) is 2.25. The van der Waals surface area contributed by atoms with E-state index in [0.29, 0.717) is 12.0 Å². The topological polar surface area (TPSA) is 57.5 Å². The quantitative estimate of drug-likeness (QED) is 0.577. The first-order chi connectivity index (χ1) is 12.4. The maximum atomic E-state index is 4.52. The Hall–Kier alpha value is -1.56. The second kappa shape index (κ2) is 9.95. The molecule has 148 valence electrons. The smallest absolute Gasteiger partial charge is 0.191 e. The van der Waals surface area contributed by atoms with Gasteiger partial charge < -0.3 is 15.5 Å². The Balaban J connectivity index is 1.77. The van der Waals surface area contributed by atoms with Crippen LogP contribution in [0.5, 0.6) is 0 Å². The van der Waals surface area contributed by atoms with Crippen LogP contribution in [0.3, 0.4) is 0 Å². The van der Waals surface area contributed by atoms with Gasteiger partial charge in [-0.2, -0.15) is 5.10 Å². The molecule has 0 saturated carbocycles. The van der Waals surface area contributed by atoms with Crippen molar-refractivity contribution >= 4 is 5.96 Å². The van der Waals surface area contributed by atoms with E-state index >= 15 is 0 Å². The van der Waals surface area contributed by atoms with E-state index in [0.717, 1.165) is 24.6 Å². The number of likely N-dealkylation sites (tertiary alicyclic amines) is 1. The first-order valence-corrected chi connectivity index (χ1v) is 10.1. The molecule has 6 heteroatoms. The van der Waals surface area contributed by atoms with Crippen molar-refractivity contribution in [2.75, 3.05) is 33.2 Å². The molecule has 2 unspecified atom stereocenters. The van der Waals surface area contributed by atoms with E-state index in [-0.39, 0.29) is 0 Å². The van der Waals surface area contributed by atoms with Crippen molar-refractivity contribution in [2.24, 2.45) is 18.0 Å². The van der Waals surface area contributed by atoms with E-state index in [1.54, 1.807) is 0 Å². The molecule has 0 bridgehead atoms. The Bertz CT molecular complexity index is 585. The highest BCUT2D eigenvalue weighted by Gasteiger charge is 2.16. The van der Waals surface area contributed by atoms with Crippen LogP contribution in [0.25, 0.3) is 0 Å². The Morgan fingerprint density at radius 3 is 2.46 bits per heavy atom. The van der Waals surface area contributed by atoms with Crippen LogP contribution in [-0.2, 0) is 13.5 Å². The van der Waals surface area contributed by atoms with Crippen LogP contribution in [0.15, 0.2) is 4.99 Å². The predicted molar refractivity (Wildman–Crippen MR) is 110 cm³/mol. The van der Waals surface area contributed by atoms with Crippen molar-refractivity contribution in [3.63, 3.8) is 0 Å². The van der Waals surface area contributed by atoms with Crippen molar-refractivity contribution in [1.29, 1.82) is 0 Å². The van der Waals surface area contributed by atoms with Gasteiger partial charge in [-0.1, -0.05) is 13.3 Å². The van der Waals surface area contributed by atoms with Gasteiger partial charge in [0, 0.05) is 38.9 Å². The number of piperidine rings is 1. The molecule has 2 heterocycles. The van der Waals surface area contributed by atoms with Crippen molar-refractivity contribution in [3.8, 4) is 0 Å². The number of aryl methyl sites for hydroxylation is 2. The average molecular weight is 363 g/mol. The summed E-state index contributed by atoms with van der Waals surface area (Å²) in [6.07, 6.45) is 5.06. The number of guanidine groups is 1. The lowest BCUT2D eigenvalue weighted by Crippen LogP contribution is -2.45. The lowest BCUT2D eigenvalue weighted by Gasteiger charge is -2.29. The fraction of sp³-hybridized carbons (Fsp3) is 0.800. The van der Waals surface area contributed by atoms with Crippen LogP contribution in [0.4, 0.5) is 0 Å². The highest BCUT2D eigenvalue weighted by Crippen LogP contribution is 2.14. The van der Waals surface area contributed by atoms with Gasteiger partial charge in [-0.05, 0) is 64.6 Å². The maximum absolute atomic E-state index is 4.52. The van der Waals surface area contributed by atoms with Gasteiger partial charge >= 0.3 is 0 Å². The molecule has 1 aromatic rings. The van der Waals surface area contributed by atoms with Crippen LogP contribution >= 0.6 is 0 Å². The Labute approximate surface area is 159 Å². The second-order valence-corrected chi connectivity index (χ2v) is 7.94. The van der Waals surface area contributed by atoms with Gasteiger partial charge in [0.15, 0.2) is 5.96 Å². The highest BCUT2D eigenvalue weighted by atomic mass is 15.3. The number of hydrogen-bond acceptors (Lipinski definition) is 3. The zero-order valence-corrected chi connectivity index (χ0v) is 17.6. The van der Waals surface area contributed by atoms with Crippen molar-refractivity contribution < 1.29 is 0 Å². The zero-order valence-electron chi connectivity index (χ0n) is 17.6. The molecule has 1 aromatic heterocycles. The lowest BCUT2D eigenvalue weighted by atomic mass is 10.1. The molecule has 2 N–H and O–H groups in total. The Morgan fingerprint density at radius 1 is 1.19 bits per heavy atom. The fourth-order valence-electron chi connectivity index (χ4n) is 3.82.